The lowest BCUT2D eigenvalue weighted by molar-refractivity contribution is -0.981. The molecule has 1 heterocycles. The van der Waals surface area contributed by atoms with Gasteiger partial charge >= 0.3 is 0 Å². The number of ether oxygens (including phenoxy) is 1. The Hall–Kier alpha value is -2.11. The van der Waals surface area contributed by atoms with Crippen molar-refractivity contribution in [1.82, 2.24) is 0 Å². The first-order chi connectivity index (χ1) is 12.6. The van der Waals surface area contributed by atoms with E-state index in [1.165, 1.54) is 25.7 Å². The maximum Gasteiger partial charge on any atom is 0.221 e. The quantitative estimate of drug-likeness (QED) is 0.771. The van der Waals surface area contributed by atoms with Crippen LogP contribution in [0.3, 0.4) is 0 Å². The van der Waals surface area contributed by atoms with Crippen LogP contribution in [0.4, 0.5) is 4.39 Å². The number of phenols is 1. The molecule has 0 bridgehead atoms. The molecule has 3 rings (SSSR count). The minimum absolute atomic E-state index is 0.0396. The molecule has 4 nitrogen and oxygen atoms in total. The van der Waals surface area contributed by atoms with Gasteiger partial charge in [0.05, 0.1) is 32.3 Å². The van der Waals surface area contributed by atoms with Crippen molar-refractivity contribution in [3.05, 3.63) is 59.4 Å². The van der Waals surface area contributed by atoms with Gasteiger partial charge < -0.3 is 14.9 Å². The van der Waals surface area contributed by atoms with Gasteiger partial charge in [-0.05, 0) is 49.1 Å². The number of aliphatic hydroxyl groups excluding tert-OH is 1. The van der Waals surface area contributed by atoms with Gasteiger partial charge in [-0.15, -0.1) is 0 Å². The van der Waals surface area contributed by atoms with Crippen molar-refractivity contribution in [3.63, 3.8) is 0 Å². The normalized spacial score (nSPS) is 17.7. The van der Waals surface area contributed by atoms with Gasteiger partial charge in [0.25, 0.3) is 0 Å². The molecule has 2 aromatic carbocycles. The number of nitrogens with zero attached hydrogens (tertiary/aromatic N) is 1. The van der Waals surface area contributed by atoms with Crippen molar-refractivity contribution in [3.8, 4) is 11.5 Å². The van der Waals surface area contributed by atoms with Gasteiger partial charge in [0, 0.05) is 6.42 Å². The molecule has 5 heteroatoms. The Bertz CT molecular complexity index is 727. The SMILES string of the molecule is COc1c(O)cccc1C(O)[N+]1(CCc2ccc(F)cc2)CCCCC1. The molecule has 1 fully saturated rings. The highest BCUT2D eigenvalue weighted by Gasteiger charge is 2.39. The second kappa shape index (κ2) is 8.06. The van der Waals surface area contributed by atoms with E-state index in [0.29, 0.717) is 15.8 Å². The van der Waals surface area contributed by atoms with Crippen molar-refractivity contribution >= 4 is 0 Å². The number of phenolic OH excluding ortho intramolecular Hbond substituents is 1. The van der Waals surface area contributed by atoms with Crippen LogP contribution in [-0.2, 0) is 6.42 Å². The third-order valence-corrected chi connectivity index (χ3v) is 5.49. The Morgan fingerprint density at radius 3 is 2.42 bits per heavy atom. The molecule has 0 saturated carbocycles. The number of quaternary nitrogens is 1. The van der Waals surface area contributed by atoms with E-state index in [1.54, 1.807) is 24.3 Å². The number of benzene rings is 2. The number of methoxy groups -OCH3 is 1. The maximum atomic E-state index is 13.1. The number of aromatic hydroxyl groups is 1. The second-order valence-electron chi connectivity index (χ2n) is 7.10. The van der Waals surface area contributed by atoms with E-state index in [2.05, 4.69) is 0 Å². The van der Waals surface area contributed by atoms with Gasteiger partial charge in [0.1, 0.15) is 5.82 Å². The van der Waals surface area contributed by atoms with Crippen LogP contribution in [0, 0.1) is 5.82 Å². The first-order valence-corrected chi connectivity index (χ1v) is 9.20. The van der Waals surface area contributed by atoms with E-state index >= 15 is 0 Å². The highest BCUT2D eigenvalue weighted by Crippen LogP contribution is 2.39. The fraction of sp³-hybridized carbons (Fsp3) is 0.429. The molecule has 140 valence electrons. The highest BCUT2D eigenvalue weighted by atomic mass is 19.1. The highest BCUT2D eigenvalue weighted by molar-refractivity contribution is 5.46. The summed E-state index contributed by atoms with van der Waals surface area (Å²) in [4.78, 5) is 0. The molecule has 2 N–H and O–H groups in total. The lowest BCUT2D eigenvalue weighted by Gasteiger charge is -2.45. The lowest BCUT2D eigenvalue weighted by Crippen LogP contribution is -2.54. The number of halogens is 1. The molecule has 0 aromatic heterocycles. The number of hydrogen-bond donors (Lipinski definition) is 2. The number of aliphatic hydroxyl groups is 1. The van der Waals surface area contributed by atoms with Gasteiger partial charge in [-0.25, -0.2) is 4.39 Å². The molecular formula is C21H27FNO3+. The minimum atomic E-state index is -0.766. The molecule has 0 amide bonds. The molecular weight excluding hydrogens is 333 g/mol. The maximum absolute atomic E-state index is 13.1. The summed E-state index contributed by atoms with van der Waals surface area (Å²) in [7, 11) is 1.50. The Morgan fingerprint density at radius 1 is 1.08 bits per heavy atom. The molecule has 1 saturated heterocycles. The fourth-order valence-corrected chi connectivity index (χ4v) is 4.00. The Labute approximate surface area is 154 Å². The number of rotatable bonds is 6. The van der Waals surface area contributed by atoms with Crippen LogP contribution in [0.15, 0.2) is 42.5 Å². The average molecular weight is 360 g/mol. The summed E-state index contributed by atoms with van der Waals surface area (Å²) in [6, 6.07) is 11.7. The molecule has 2 aromatic rings. The van der Waals surface area contributed by atoms with E-state index in [9.17, 15) is 14.6 Å². The van der Waals surface area contributed by atoms with Crippen LogP contribution in [0.1, 0.15) is 36.6 Å². The summed E-state index contributed by atoms with van der Waals surface area (Å²) >= 11 is 0. The summed E-state index contributed by atoms with van der Waals surface area (Å²) < 4.78 is 19.0. The average Bonchev–Trinajstić information content (AvgIpc) is 2.67. The number of likely N-dealkylation sites (tertiary alicyclic amines) is 1. The Morgan fingerprint density at radius 2 is 1.77 bits per heavy atom. The Kier molecular flexibility index (Phi) is 5.79. The van der Waals surface area contributed by atoms with E-state index in [0.717, 1.165) is 44.5 Å². The number of piperidine rings is 1. The predicted octanol–water partition coefficient (Wildman–Crippen LogP) is 3.77. The van der Waals surface area contributed by atoms with E-state index < -0.39 is 6.23 Å². The topological polar surface area (TPSA) is 49.7 Å². The van der Waals surface area contributed by atoms with Gasteiger partial charge in [0.15, 0.2) is 11.5 Å². The fourth-order valence-electron chi connectivity index (χ4n) is 4.00. The molecule has 0 spiro atoms. The first kappa shape index (κ1) is 18.7. The van der Waals surface area contributed by atoms with Crippen LogP contribution < -0.4 is 4.74 Å². The smallest absolute Gasteiger partial charge is 0.221 e. The van der Waals surface area contributed by atoms with E-state index in [-0.39, 0.29) is 11.6 Å². The zero-order valence-electron chi connectivity index (χ0n) is 15.2. The van der Waals surface area contributed by atoms with Crippen LogP contribution in [0.2, 0.25) is 0 Å². The zero-order valence-corrected chi connectivity index (χ0v) is 15.2. The largest absolute Gasteiger partial charge is 0.504 e. The first-order valence-electron chi connectivity index (χ1n) is 9.20. The van der Waals surface area contributed by atoms with Crippen LogP contribution >= 0.6 is 0 Å². The Balaban J connectivity index is 1.87. The summed E-state index contributed by atoms with van der Waals surface area (Å²) in [6.07, 6.45) is 3.28. The van der Waals surface area contributed by atoms with E-state index in [4.69, 9.17) is 4.74 Å². The summed E-state index contributed by atoms with van der Waals surface area (Å²) in [6.45, 7) is 2.51. The van der Waals surface area contributed by atoms with Crippen LogP contribution in [0.5, 0.6) is 11.5 Å². The summed E-state index contributed by atoms with van der Waals surface area (Å²) in [5, 5.41) is 21.4. The summed E-state index contributed by atoms with van der Waals surface area (Å²) in [5.41, 5.74) is 1.68. The third kappa shape index (κ3) is 3.84. The second-order valence-corrected chi connectivity index (χ2v) is 7.10. The molecule has 1 aliphatic rings. The van der Waals surface area contributed by atoms with E-state index in [1.807, 2.05) is 6.07 Å². The monoisotopic (exact) mass is 360 g/mol. The van der Waals surface area contributed by atoms with Gasteiger partial charge in [0.2, 0.25) is 6.23 Å². The molecule has 0 radical (unpaired) electrons. The van der Waals surface area contributed by atoms with Crippen LogP contribution in [-0.4, -0.2) is 41.4 Å². The molecule has 1 unspecified atom stereocenters. The van der Waals surface area contributed by atoms with Crippen molar-refractivity contribution in [2.75, 3.05) is 26.7 Å². The molecule has 26 heavy (non-hydrogen) atoms. The van der Waals surface area contributed by atoms with Gasteiger partial charge in [-0.1, -0.05) is 18.2 Å². The van der Waals surface area contributed by atoms with Crippen LogP contribution in [0.25, 0.3) is 0 Å². The predicted molar refractivity (Wildman–Crippen MR) is 98.4 cm³/mol. The van der Waals surface area contributed by atoms with Gasteiger partial charge in [-0.3, -0.25) is 4.48 Å². The lowest BCUT2D eigenvalue weighted by atomic mass is 10.0. The third-order valence-electron chi connectivity index (χ3n) is 5.49. The molecule has 1 atom stereocenters. The standard InChI is InChI=1S/C21H26FNO3/c1-26-20-18(6-5-7-19(20)24)21(25)23(13-3-2-4-14-23)15-12-16-8-10-17(22)11-9-16/h5-11,21,25H,2-4,12-15H2,1H3/p+1. The number of hydrogen-bond acceptors (Lipinski definition) is 3. The summed E-state index contributed by atoms with van der Waals surface area (Å²) in [5.74, 6) is 0.141. The molecule has 0 aliphatic carbocycles. The zero-order chi connectivity index (χ0) is 18.6. The number of para-hydroxylation sites is 1. The van der Waals surface area contributed by atoms with Crippen molar-refractivity contribution in [1.29, 1.82) is 0 Å². The van der Waals surface area contributed by atoms with Crippen molar-refractivity contribution in [2.24, 2.45) is 0 Å². The van der Waals surface area contributed by atoms with Crippen molar-refractivity contribution in [2.45, 2.75) is 31.9 Å². The van der Waals surface area contributed by atoms with Crippen molar-refractivity contribution < 1.29 is 23.8 Å². The van der Waals surface area contributed by atoms with Gasteiger partial charge in [-0.2, -0.15) is 0 Å². The molecule has 1 aliphatic heterocycles. The minimum Gasteiger partial charge on any atom is -0.504 e.